The molecule has 142 valence electrons. The van der Waals surface area contributed by atoms with Crippen LogP contribution in [0.2, 0.25) is 0 Å². The molecule has 4 N–H and O–H groups in total. The SMILES string of the molecule is CCc1nc(/C(N)=C(\CN2CC(CC3CC3)OC2=O)N(C)N)ccc1Br. The second-order valence-corrected chi connectivity index (χ2v) is 7.87. The number of hydrazine groups is 1. The van der Waals surface area contributed by atoms with E-state index in [9.17, 15) is 4.79 Å². The maximum Gasteiger partial charge on any atom is 0.410 e. The standard InChI is InChI=1S/C18H26BrN5O2/c1-3-14-13(19)6-7-15(22-14)17(20)16(23(2)21)10-24-9-12(26-18(24)25)8-11-4-5-11/h6-7,11-12H,3-5,8-10,20-21H2,1-2H3/b17-16-. The first-order chi connectivity index (χ1) is 12.4. The van der Waals surface area contributed by atoms with Crippen molar-refractivity contribution < 1.29 is 9.53 Å². The normalized spacial score (nSPS) is 20.8. The third-order valence-corrected chi connectivity index (χ3v) is 5.57. The summed E-state index contributed by atoms with van der Waals surface area (Å²) in [6.45, 7) is 2.92. The van der Waals surface area contributed by atoms with Crippen LogP contribution in [0.1, 0.15) is 37.6 Å². The average Bonchev–Trinajstić information content (AvgIpc) is 3.34. The van der Waals surface area contributed by atoms with Gasteiger partial charge in [-0.15, -0.1) is 0 Å². The van der Waals surface area contributed by atoms with Crippen molar-refractivity contribution in [1.29, 1.82) is 0 Å². The van der Waals surface area contributed by atoms with E-state index in [2.05, 4.69) is 20.9 Å². The molecular weight excluding hydrogens is 398 g/mol. The summed E-state index contributed by atoms with van der Waals surface area (Å²) in [5.41, 5.74) is 9.05. The molecule has 0 radical (unpaired) electrons. The number of nitrogens with two attached hydrogens (primary N) is 2. The second kappa shape index (κ2) is 7.84. The molecule has 0 bridgehead atoms. The van der Waals surface area contributed by atoms with E-state index in [1.54, 1.807) is 11.9 Å². The number of rotatable bonds is 7. The maximum absolute atomic E-state index is 12.2. The Labute approximate surface area is 162 Å². The molecule has 3 rings (SSSR count). The summed E-state index contributed by atoms with van der Waals surface area (Å²) >= 11 is 3.49. The number of ether oxygens (including phenoxy) is 1. The highest BCUT2D eigenvalue weighted by molar-refractivity contribution is 9.10. The fraction of sp³-hybridized carbons (Fsp3) is 0.556. The molecule has 0 aromatic carbocycles. The summed E-state index contributed by atoms with van der Waals surface area (Å²) in [6, 6.07) is 3.78. The van der Waals surface area contributed by atoms with Gasteiger partial charge in [-0.1, -0.05) is 19.8 Å². The molecule has 1 aromatic heterocycles. The third kappa shape index (κ3) is 4.29. The van der Waals surface area contributed by atoms with Gasteiger partial charge in [0.15, 0.2) is 0 Å². The van der Waals surface area contributed by atoms with Crippen molar-refractivity contribution in [2.45, 2.75) is 38.7 Å². The predicted octanol–water partition coefficient (Wildman–Crippen LogP) is 2.46. The van der Waals surface area contributed by atoms with Crippen molar-refractivity contribution in [2.75, 3.05) is 20.1 Å². The van der Waals surface area contributed by atoms with Crippen LogP contribution in [0.15, 0.2) is 22.3 Å². The van der Waals surface area contributed by atoms with Crippen LogP contribution in [0.4, 0.5) is 4.79 Å². The number of cyclic esters (lactones) is 1. The van der Waals surface area contributed by atoms with Gasteiger partial charge in [0.25, 0.3) is 0 Å². The molecule has 1 saturated heterocycles. The molecule has 1 amide bonds. The van der Waals surface area contributed by atoms with Crippen LogP contribution < -0.4 is 11.6 Å². The summed E-state index contributed by atoms with van der Waals surface area (Å²) in [6.07, 6.45) is 3.89. The summed E-state index contributed by atoms with van der Waals surface area (Å²) < 4.78 is 6.43. The van der Waals surface area contributed by atoms with Gasteiger partial charge < -0.3 is 15.5 Å². The number of aryl methyl sites for hydroxylation is 1. The molecule has 1 aliphatic carbocycles. The summed E-state index contributed by atoms with van der Waals surface area (Å²) in [5.74, 6) is 6.72. The van der Waals surface area contributed by atoms with Gasteiger partial charge in [0.05, 0.1) is 35.9 Å². The van der Waals surface area contributed by atoms with E-state index in [4.69, 9.17) is 16.3 Å². The van der Waals surface area contributed by atoms with Crippen LogP contribution in [0.25, 0.3) is 5.70 Å². The minimum atomic E-state index is -0.305. The lowest BCUT2D eigenvalue weighted by Gasteiger charge is -2.23. The van der Waals surface area contributed by atoms with E-state index in [1.807, 2.05) is 19.1 Å². The highest BCUT2D eigenvalue weighted by Crippen LogP contribution is 2.35. The van der Waals surface area contributed by atoms with E-state index >= 15 is 0 Å². The van der Waals surface area contributed by atoms with Gasteiger partial charge in [0, 0.05) is 11.5 Å². The number of carbonyl (C=O) groups excluding carboxylic acids is 1. The topological polar surface area (TPSA) is 97.7 Å². The minimum absolute atomic E-state index is 0.0296. The zero-order valence-electron chi connectivity index (χ0n) is 15.2. The smallest absolute Gasteiger partial charge is 0.410 e. The number of nitrogens with zero attached hydrogens (tertiary/aromatic N) is 3. The van der Waals surface area contributed by atoms with Crippen molar-refractivity contribution >= 4 is 27.7 Å². The van der Waals surface area contributed by atoms with Crippen LogP contribution in [0.3, 0.4) is 0 Å². The van der Waals surface area contributed by atoms with Crippen molar-refractivity contribution in [3.63, 3.8) is 0 Å². The Morgan fingerprint density at radius 2 is 2.19 bits per heavy atom. The van der Waals surface area contributed by atoms with Crippen molar-refractivity contribution in [1.82, 2.24) is 14.9 Å². The van der Waals surface area contributed by atoms with Gasteiger partial charge in [-0.05, 0) is 46.8 Å². The lowest BCUT2D eigenvalue weighted by molar-refractivity contribution is 0.126. The molecule has 0 spiro atoms. The van der Waals surface area contributed by atoms with Gasteiger partial charge in [-0.3, -0.25) is 9.88 Å². The quantitative estimate of drug-likeness (QED) is 0.516. The molecule has 1 saturated carbocycles. The van der Waals surface area contributed by atoms with Gasteiger partial charge in [0.2, 0.25) is 0 Å². The molecule has 1 atom stereocenters. The fourth-order valence-corrected chi connectivity index (χ4v) is 3.65. The molecule has 2 heterocycles. The maximum atomic E-state index is 12.2. The van der Waals surface area contributed by atoms with Crippen molar-refractivity contribution in [3.8, 4) is 0 Å². The molecule has 26 heavy (non-hydrogen) atoms. The Hall–Kier alpha value is -1.80. The third-order valence-electron chi connectivity index (χ3n) is 4.85. The molecule has 2 aliphatic rings. The largest absolute Gasteiger partial charge is 0.444 e. The molecule has 1 aromatic rings. The van der Waals surface area contributed by atoms with E-state index in [-0.39, 0.29) is 12.2 Å². The summed E-state index contributed by atoms with van der Waals surface area (Å²) in [4.78, 5) is 18.5. The lowest BCUT2D eigenvalue weighted by Crippen LogP contribution is -2.37. The van der Waals surface area contributed by atoms with Crippen LogP contribution in [0, 0.1) is 5.92 Å². The predicted molar refractivity (Wildman–Crippen MR) is 104 cm³/mol. The fourth-order valence-electron chi connectivity index (χ4n) is 3.15. The average molecular weight is 424 g/mol. The minimum Gasteiger partial charge on any atom is -0.444 e. The van der Waals surface area contributed by atoms with Gasteiger partial charge in [-0.2, -0.15) is 0 Å². The second-order valence-electron chi connectivity index (χ2n) is 7.02. The number of carbonyl (C=O) groups is 1. The number of likely N-dealkylation sites (N-methyl/N-ethyl adjacent to an activating group) is 1. The lowest BCUT2D eigenvalue weighted by atomic mass is 10.1. The van der Waals surface area contributed by atoms with Crippen LogP contribution >= 0.6 is 15.9 Å². The first-order valence-electron chi connectivity index (χ1n) is 8.97. The van der Waals surface area contributed by atoms with Gasteiger partial charge >= 0.3 is 6.09 Å². The highest BCUT2D eigenvalue weighted by Gasteiger charge is 2.36. The Kier molecular flexibility index (Phi) is 5.72. The zero-order valence-corrected chi connectivity index (χ0v) is 16.8. The zero-order chi connectivity index (χ0) is 18.8. The summed E-state index contributed by atoms with van der Waals surface area (Å²) in [7, 11) is 1.71. The molecule has 8 heteroatoms. The van der Waals surface area contributed by atoms with Gasteiger partial charge in [-0.25, -0.2) is 10.6 Å². The van der Waals surface area contributed by atoms with E-state index in [0.29, 0.717) is 36.1 Å². The van der Waals surface area contributed by atoms with Crippen molar-refractivity contribution in [3.05, 3.63) is 33.7 Å². The van der Waals surface area contributed by atoms with Gasteiger partial charge in [0.1, 0.15) is 6.10 Å². The van der Waals surface area contributed by atoms with E-state index in [0.717, 1.165) is 23.0 Å². The van der Waals surface area contributed by atoms with Crippen LogP contribution in [-0.2, 0) is 11.2 Å². The molecule has 1 unspecified atom stereocenters. The number of pyridine rings is 1. The first kappa shape index (κ1) is 19.0. The highest BCUT2D eigenvalue weighted by atomic mass is 79.9. The van der Waals surface area contributed by atoms with Crippen LogP contribution in [-0.4, -0.2) is 47.2 Å². The number of hydrogen-bond acceptors (Lipinski definition) is 6. The molecular formula is C18H26BrN5O2. The molecule has 7 nitrogen and oxygen atoms in total. The van der Waals surface area contributed by atoms with Crippen LogP contribution in [0.5, 0.6) is 0 Å². The number of halogens is 1. The Morgan fingerprint density at radius 1 is 1.46 bits per heavy atom. The number of aromatic nitrogens is 1. The first-order valence-corrected chi connectivity index (χ1v) is 9.76. The number of hydrogen-bond donors (Lipinski definition) is 2. The van der Waals surface area contributed by atoms with Crippen molar-refractivity contribution in [2.24, 2.45) is 17.5 Å². The monoisotopic (exact) mass is 423 g/mol. The summed E-state index contributed by atoms with van der Waals surface area (Å²) in [5, 5.41) is 1.45. The molecule has 2 fully saturated rings. The molecule has 1 aliphatic heterocycles. The Bertz CT molecular complexity index is 718. The van der Waals surface area contributed by atoms with E-state index in [1.165, 1.54) is 17.9 Å². The van der Waals surface area contributed by atoms with E-state index < -0.39 is 0 Å². The Morgan fingerprint density at radius 3 is 2.81 bits per heavy atom. The number of amides is 1. The Balaban J connectivity index is 1.79.